The number of benzene rings is 2. The molecule has 0 saturated carbocycles. The second kappa shape index (κ2) is 7.20. The van der Waals surface area contributed by atoms with Gasteiger partial charge in [0.05, 0.1) is 0 Å². The molecule has 5 heteroatoms. The maximum atomic E-state index is 12.5. The number of fused-ring (bicyclic) bond motifs is 2. The van der Waals surface area contributed by atoms with E-state index in [1.54, 1.807) is 0 Å². The SMILES string of the molecule is O=C(CCCC(=O)N1CCc2cc3c(cc2C1)OCO3)c1ccccc1. The molecular weight excluding hydrogens is 330 g/mol. The van der Waals surface area contributed by atoms with Crippen LogP contribution in [0.1, 0.15) is 40.7 Å². The van der Waals surface area contributed by atoms with Crippen molar-refractivity contribution in [2.75, 3.05) is 13.3 Å². The third kappa shape index (κ3) is 3.43. The largest absolute Gasteiger partial charge is 0.454 e. The molecule has 1 amide bonds. The van der Waals surface area contributed by atoms with Crippen LogP contribution in [0.25, 0.3) is 0 Å². The predicted molar refractivity (Wildman–Crippen MR) is 96.3 cm³/mol. The molecule has 0 fully saturated rings. The van der Waals surface area contributed by atoms with Crippen molar-refractivity contribution in [1.82, 2.24) is 4.90 Å². The van der Waals surface area contributed by atoms with Crippen LogP contribution in [-0.4, -0.2) is 29.9 Å². The molecule has 0 radical (unpaired) electrons. The van der Waals surface area contributed by atoms with Crippen LogP contribution in [-0.2, 0) is 17.8 Å². The van der Waals surface area contributed by atoms with Gasteiger partial charge in [0.25, 0.3) is 0 Å². The van der Waals surface area contributed by atoms with Crippen molar-refractivity contribution in [3.05, 3.63) is 59.2 Å². The second-order valence-electron chi connectivity index (χ2n) is 6.68. The van der Waals surface area contributed by atoms with Crippen LogP contribution in [0.5, 0.6) is 11.5 Å². The normalized spacial score (nSPS) is 14.8. The van der Waals surface area contributed by atoms with Crippen LogP contribution < -0.4 is 9.47 Å². The molecule has 0 aromatic heterocycles. The lowest BCUT2D eigenvalue weighted by molar-refractivity contribution is -0.132. The molecule has 0 unspecified atom stereocenters. The van der Waals surface area contributed by atoms with Gasteiger partial charge >= 0.3 is 0 Å². The van der Waals surface area contributed by atoms with E-state index in [1.807, 2.05) is 47.4 Å². The first-order valence-corrected chi connectivity index (χ1v) is 8.98. The van der Waals surface area contributed by atoms with Gasteiger partial charge in [0.1, 0.15) is 0 Å². The van der Waals surface area contributed by atoms with E-state index >= 15 is 0 Å². The lowest BCUT2D eigenvalue weighted by Crippen LogP contribution is -2.35. The van der Waals surface area contributed by atoms with Gasteiger partial charge in [-0.1, -0.05) is 30.3 Å². The van der Waals surface area contributed by atoms with E-state index in [0.29, 0.717) is 37.9 Å². The summed E-state index contributed by atoms with van der Waals surface area (Å²) in [5, 5.41) is 0. The summed E-state index contributed by atoms with van der Waals surface area (Å²) in [4.78, 5) is 26.5. The van der Waals surface area contributed by atoms with Crippen LogP contribution >= 0.6 is 0 Å². The summed E-state index contributed by atoms with van der Waals surface area (Å²) in [6.45, 7) is 1.56. The monoisotopic (exact) mass is 351 g/mol. The molecule has 0 N–H and O–H groups in total. The Morgan fingerprint density at radius 2 is 1.69 bits per heavy atom. The molecule has 2 aromatic carbocycles. The topological polar surface area (TPSA) is 55.8 Å². The molecule has 0 aliphatic carbocycles. The van der Waals surface area contributed by atoms with Gasteiger partial charge in [-0.3, -0.25) is 9.59 Å². The zero-order valence-corrected chi connectivity index (χ0v) is 14.6. The van der Waals surface area contributed by atoms with Gasteiger partial charge in [0.15, 0.2) is 17.3 Å². The zero-order valence-electron chi connectivity index (χ0n) is 14.6. The molecule has 4 rings (SSSR count). The number of amides is 1. The average molecular weight is 351 g/mol. The van der Waals surface area contributed by atoms with Crippen LogP contribution in [0.15, 0.2) is 42.5 Å². The van der Waals surface area contributed by atoms with Crippen LogP contribution in [0.2, 0.25) is 0 Å². The molecular formula is C21H21NO4. The Hall–Kier alpha value is -2.82. The number of carbonyl (C=O) groups excluding carboxylic acids is 2. The minimum Gasteiger partial charge on any atom is -0.454 e. The highest BCUT2D eigenvalue weighted by molar-refractivity contribution is 5.96. The lowest BCUT2D eigenvalue weighted by atomic mass is 9.98. The van der Waals surface area contributed by atoms with Crippen molar-refractivity contribution in [2.45, 2.75) is 32.2 Å². The smallest absolute Gasteiger partial charge is 0.231 e. The standard InChI is InChI=1S/C21H21NO4/c23-18(15-5-2-1-3-6-15)7-4-8-21(24)22-10-9-16-11-19-20(26-14-25-19)12-17(16)13-22/h1-3,5-6,11-12H,4,7-10,13-14H2. The Balaban J connectivity index is 1.31. The highest BCUT2D eigenvalue weighted by Crippen LogP contribution is 2.36. The number of ketones is 1. The summed E-state index contributed by atoms with van der Waals surface area (Å²) in [5.74, 6) is 1.75. The number of hydrogen-bond acceptors (Lipinski definition) is 4. The Bertz CT molecular complexity index is 831. The highest BCUT2D eigenvalue weighted by Gasteiger charge is 2.24. The van der Waals surface area contributed by atoms with Gasteiger partial charge in [-0.15, -0.1) is 0 Å². The first-order valence-electron chi connectivity index (χ1n) is 8.98. The van der Waals surface area contributed by atoms with Crippen molar-refractivity contribution in [3.63, 3.8) is 0 Å². The Labute approximate surface area is 152 Å². The molecule has 2 heterocycles. The Morgan fingerprint density at radius 1 is 0.962 bits per heavy atom. The summed E-state index contributed by atoms with van der Waals surface area (Å²) in [5.41, 5.74) is 3.05. The molecule has 0 atom stereocenters. The van der Waals surface area contributed by atoms with E-state index in [1.165, 1.54) is 5.56 Å². The number of ether oxygens (including phenoxy) is 2. The van der Waals surface area contributed by atoms with Crippen molar-refractivity contribution in [3.8, 4) is 11.5 Å². The quantitative estimate of drug-likeness (QED) is 0.775. The minimum absolute atomic E-state index is 0.0927. The van der Waals surface area contributed by atoms with Gasteiger partial charge < -0.3 is 14.4 Å². The zero-order chi connectivity index (χ0) is 17.9. The predicted octanol–water partition coefficient (Wildman–Crippen LogP) is 3.35. The average Bonchev–Trinajstić information content (AvgIpc) is 3.13. The van der Waals surface area contributed by atoms with Gasteiger partial charge in [-0.25, -0.2) is 0 Å². The van der Waals surface area contributed by atoms with Crippen molar-refractivity contribution in [2.24, 2.45) is 0 Å². The number of hydrogen-bond donors (Lipinski definition) is 0. The third-order valence-corrected chi connectivity index (χ3v) is 4.95. The summed E-state index contributed by atoms with van der Waals surface area (Å²) in [6, 6.07) is 13.2. The van der Waals surface area contributed by atoms with Gasteiger partial charge in [-0.2, -0.15) is 0 Å². The van der Waals surface area contributed by atoms with Crippen LogP contribution in [0, 0.1) is 0 Å². The Kier molecular flexibility index (Phi) is 4.61. The summed E-state index contributed by atoms with van der Waals surface area (Å²) >= 11 is 0. The van der Waals surface area contributed by atoms with Gasteiger partial charge in [-0.05, 0) is 36.1 Å². The molecule has 26 heavy (non-hydrogen) atoms. The molecule has 5 nitrogen and oxygen atoms in total. The van der Waals surface area contributed by atoms with E-state index in [2.05, 4.69) is 0 Å². The molecule has 2 aliphatic rings. The van der Waals surface area contributed by atoms with E-state index in [0.717, 1.165) is 23.5 Å². The second-order valence-corrected chi connectivity index (χ2v) is 6.68. The maximum Gasteiger partial charge on any atom is 0.231 e. The molecule has 0 spiro atoms. The van der Waals surface area contributed by atoms with Gasteiger partial charge in [0, 0.05) is 31.5 Å². The molecule has 2 aromatic rings. The number of carbonyl (C=O) groups is 2. The maximum absolute atomic E-state index is 12.5. The third-order valence-electron chi connectivity index (χ3n) is 4.95. The minimum atomic E-state index is 0.0927. The van der Waals surface area contributed by atoms with Gasteiger partial charge in [0.2, 0.25) is 12.7 Å². The molecule has 0 saturated heterocycles. The van der Waals surface area contributed by atoms with Crippen molar-refractivity contribution < 1.29 is 19.1 Å². The highest BCUT2D eigenvalue weighted by atomic mass is 16.7. The van der Waals surface area contributed by atoms with E-state index in [9.17, 15) is 9.59 Å². The van der Waals surface area contributed by atoms with E-state index < -0.39 is 0 Å². The van der Waals surface area contributed by atoms with Crippen LogP contribution in [0.4, 0.5) is 0 Å². The fourth-order valence-corrected chi connectivity index (χ4v) is 3.49. The molecule has 0 bridgehead atoms. The van der Waals surface area contributed by atoms with E-state index in [4.69, 9.17) is 9.47 Å². The first-order chi connectivity index (χ1) is 12.7. The lowest BCUT2D eigenvalue weighted by Gasteiger charge is -2.29. The first kappa shape index (κ1) is 16.6. The molecule has 2 aliphatic heterocycles. The Morgan fingerprint density at radius 3 is 2.46 bits per heavy atom. The molecule has 134 valence electrons. The number of rotatable bonds is 5. The fraction of sp³-hybridized carbons (Fsp3) is 0.333. The fourth-order valence-electron chi connectivity index (χ4n) is 3.49. The summed E-state index contributed by atoms with van der Waals surface area (Å²) < 4.78 is 10.8. The summed E-state index contributed by atoms with van der Waals surface area (Å²) in [6.07, 6.45) is 2.20. The van der Waals surface area contributed by atoms with E-state index in [-0.39, 0.29) is 18.5 Å². The van der Waals surface area contributed by atoms with Crippen molar-refractivity contribution >= 4 is 11.7 Å². The van der Waals surface area contributed by atoms with Crippen molar-refractivity contribution in [1.29, 1.82) is 0 Å². The number of Topliss-reactive ketones (excluding diaryl/α,β-unsaturated/α-hetero) is 1. The summed E-state index contributed by atoms with van der Waals surface area (Å²) in [7, 11) is 0. The number of nitrogens with zero attached hydrogens (tertiary/aromatic N) is 1. The van der Waals surface area contributed by atoms with Crippen LogP contribution in [0.3, 0.4) is 0 Å².